The summed E-state index contributed by atoms with van der Waals surface area (Å²) in [5.41, 5.74) is 4.01. The minimum absolute atomic E-state index is 0.864. The van der Waals surface area contributed by atoms with E-state index in [2.05, 4.69) is 20.8 Å². The summed E-state index contributed by atoms with van der Waals surface area (Å²) < 4.78 is 0. The van der Waals surface area contributed by atoms with Crippen LogP contribution in [0.25, 0.3) is 0 Å². The summed E-state index contributed by atoms with van der Waals surface area (Å²) in [5.74, 6) is 5.60. The summed E-state index contributed by atoms with van der Waals surface area (Å²) in [6, 6.07) is 0. The summed E-state index contributed by atoms with van der Waals surface area (Å²) in [6.45, 7) is 7.20. The molecule has 10 heavy (non-hydrogen) atoms. The van der Waals surface area contributed by atoms with Crippen LogP contribution >= 0.6 is 0 Å². The Morgan fingerprint density at radius 1 is 1.40 bits per heavy atom. The minimum atomic E-state index is 0.864. The lowest BCUT2D eigenvalue weighted by Crippen LogP contribution is -2.30. The van der Waals surface area contributed by atoms with Gasteiger partial charge in [-0.15, -0.1) is 0 Å². The van der Waals surface area contributed by atoms with E-state index in [9.17, 15) is 0 Å². The molecule has 0 aliphatic carbocycles. The highest BCUT2D eigenvalue weighted by atomic mass is 15.4. The van der Waals surface area contributed by atoms with Crippen molar-refractivity contribution in [3.63, 3.8) is 0 Å². The van der Waals surface area contributed by atoms with Crippen LogP contribution in [0.1, 0.15) is 20.8 Å². The molecule has 1 aliphatic rings. The van der Waals surface area contributed by atoms with Crippen LogP contribution in [0.5, 0.6) is 0 Å². The summed E-state index contributed by atoms with van der Waals surface area (Å²) in [6.07, 6.45) is 1.97. The van der Waals surface area contributed by atoms with Crippen LogP contribution in [-0.2, 0) is 0 Å². The van der Waals surface area contributed by atoms with E-state index in [1.54, 1.807) is 5.01 Å². The maximum atomic E-state index is 5.60. The first-order valence-corrected chi connectivity index (χ1v) is 3.47. The number of nitrogens with two attached hydrogens (primary N) is 1. The predicted molar refractivity (Wildman–Crippen MR) is 43.0 cm³/mol. The molecule has 1 rings (SSSR count). The molecule has 0 saturated heterocycles. The van der Waals surface area contributed by atoms with Gasteiger partial charge in [-0.05, 0) is 37.5 Å². The van der Waals surface area contributed by atoms with Crippen molar-refractivity contribution in [3.8, 4) is 0 Å². The van der Waals surface area contributed by atoms with Gasteiger partial charge in [0.2, 0.25) is 0 Å². The number of allylic oxidation sites excluding steroid dienone is 2. The molecular formula is C8H14N2. The Bertz CT molecular complexity index is 201. The van der Waals surface area contributed by atoms with E-state index in [0.29, 0.717) is 0 Å². The fraction of sp³-hybridized carbons (Fsp3) is 0.500. The van der Waals surface area contributed by atoms with Crippen molar-refractivity contribution in [2.75, 3.05) is 6.54 Å². The molecule has 0 aromatic carbocycles. The molecule has 0 aromatic heterocycles. The number of rotatable bonds is 0. The molecule has 2 N–H and O–H groups in total. The minimum Gasteiger partial charge on any atom is -0.314 e. The van der Waals surface area contributed by atoms with Gasteiger partial charge in [-0.3, -0.25) is 0 Å². The lowest BCUT2D eigenvalue weighted by Gasteiger charge is -2.22. The quantitative estimate of drug-likeness (QED) is 0.513. The van der Waals surface area contributed by atoms with Gasteiger partial charge in [0.05, 0.1) is 6.54 Å². The van der Waals surface area contributed by atoms with E-state index >= 15 is 0 Å². The Hall–Kier alpha value is -0.760. The molecule has 2 heteroatoms. The van der Waals surface area contributed by atoms with E-state index in [1.165, 1.54) is 16.7 Å². The Kier molecular flexibility index (Phi) is 1.81. The van der Waals surface area contributed by atoms with E-state index in [0.717, 1.165) is 6.54 Å². The zero-order chi connectivity index (χ0) is 7.72. The van der Waals surface area contributed by atoms with Crippen LogP contribution < -0.4 is 5.84 Å². The van der Waals surface area contributed by atoms with Crippen LogP contribution in [0.3, 0.4) is 0 Å². The second kappa shape index (κ2) is 2.46. The summed E-state index contributed by atoms with van der Waals surface area (Å²) in [4.78, 5) is 0. The first-order chi connectivity index (χ1) is 4.61. The molecule has 0 aromatic rings. The third-order valence-corrected chi connectivity index (χ3v) is 2.01. The number of hydrogen-bond acceptors (Lipinski definition) is 2. The van der Waals surface area contributed by atoms with Gasteiger partial charge >= 0.3 is 0 Å². The highest BCUT2D eigenvalue weighted by molar-refractivity contribution is 5.34. The third kappa shape index (κ3) is 1.21. The lowest BCUT2D eigenvalue weighted by atomic mass is 10.0. The van der Waals surface area contributed by atoms with Crippen molar-refractivity contribution in [2.45, 2.75) is 20.8 Å². The molecule has 0 atom stereocenters. The summed E-state index contributed by atoms with van der Waals surface area (Å²) in [5, 5.41) is 1.72. The van der Waals surface area contributed by atoms with E-state index in [1.807, 2.05) is 6.20 Å². The maximum Gasteiger partial charge on any atom is 0.0548 e. The van der Waals surface area contributed by atoms with Crippen molar-refractivity contribution in [3.05, 3.63) is 22.9 Å². The van der Waals surface area contributed by atoms with Gasteiger partial charge in [-0.1, -0.05) is 0 Å². The first kappa shape index (κ1) is 7.35. The standard InChI is InChI=1S/C8H14N2/c1-6-4-10(9)5-7(2)8(6)3/h4H,5,9H2,1-3H3. The van der Waals surface area contributed by atoms with Gasteiger partial charge in [0.15, 0.2) is 0 Å². The van der Waals surface area contributed by atoms with Gasteiger partial charge in [0.25, 0.3) is 0 Å². The van der Waals surface area contributed by atoms with E-state index in [4.69, 9.17) is 5.84 Å². The molecule has 1 heterocycles. The highest BCUT2D eigenvalue weighted by Crippen LogP contribution is 2.18. The molecule has 0 bridgehead atoms. The van der Waals surface area contributed by atoms with Crippen molar-refractivity contribution in [1.29, 1.82) is 0 Å². The second-order valence-corrected chi connectivity index (χ2v) is 2.89. The normalized spacial score (nSPS) is 19.6. The van der Waals surface area contributed by atoms with Crippen molar-refractivity contribution >= 4 is 0 Å². The van der Waals surface area contributed by atoms with Crippen molar-refractivity contribution in [1.82, 2.24) is 5.01 Å². The Morgan fingerprint density at radius 2 is 2.00 bits per heavy atom. The zero-order valence-electron chi connectivity index (χ0n) is 6.81. The Balaban J connectivity index is 2.90. The number of nitrogens with zero attached hydrogens (tertiary/aromatic N) is 1. The van der Waals surface area contributed by atoms with Crippen LogP contribution in [0, 0.1) is 0 Å². The Labute approximate surface area is 62.0 Å². The molecule has 0 saturated carbocycles. The predicted octanol–water partition coefficient (Wildman–Crippen LogP) is 1.42. The first-order valence-electron chi connectivity index (χ1n) is 3.47. The average Bonchev–Trinajstić information content (AvgIpc) is 1.82. The SMILES string of the molecule is CC1=CN(N)CC(C)=C1C. The van der Waals surface area contributed by atoms with Gasteiger partial charge in [0.1, 0.15) is 0 Å². The number of hydrazine groups is 1. The molecule has 56 valence electrons. The fourth-order valence-corrected chi connectivity index (χ4v) is 1.12. The summed E-state index contributed by atoms with van der Waals surface area (Å²) in [7, 11) is 0. The largest absolute Gasteiger partial charge is 0.314 e. The van der Waals surface area contributed by atoms with E-state index in [-0.39, 0.29) is 0 Å². The molecule has 0 radical (unpaired) electrons. The van der Waals surface area contributed by atoms with Gasteiger partial charge in [-0.25, -0.2) is 5.84 Å². The van der Waals surface area contributed by atoms with Crippen molar-refractivity contribution in [2.24, 2.45) is 5.84 Å². The molecule has 0 amide bonds. The van der Waals surface area contributed by atoms with Crippen LogP contribution in [0.2, 0.25) is 0 Å². The third-order valence-electron chi connectivity index (χ3n) is 2.01. The second-order valence-electron chi connectivity index (χ2n) is 2.89. The van der Waals surface area contributed by atoms with E-state index < -0.39 is 0 Å². The monoisotopic (exact) mass is 138 g/mol. The van der Waals surface area contributed by atoms with Crippen LogP contribution in [0.4, 0.5) is 0 Å². The average molecular weight is 138 g/mol. The van der Waals surface area contributed by atoms with Crippen LogP contribution in [-0.4, -0.2) is 11.6 Å². The maximum absolute atomic E-state index is 5.60. The molecule has 0 fully saturated rings. The molecular weight excluding hydrogens is 124 g/mol. The van der Waals surface area contributed by atoms with Gasteiger partial charge < -0.3 is 5.01 Å². The highest BCUT2D eigenvalue weighted by Gasteiger charge is 2.07. The summed E-state index contributed by atoms with van der Waals surface area (Å²) >= 11 is 0. The van der Waals surface area contributed by atoms with Gasteiger partial charge in [-0.2, -0.15) is 0 Å². The van der Waals surface area contributed by atoms with Crippen molar-refractivity contribution < 1.29 is 0 Å². The molecule has 2 nitrogen and oxygen atoms in total. The Morgan fingerprint density at radius 3 is 2.50 bits per heavy atom. The fourth-order valence-electron chi connectivity index (χ4n) is 1.12. The smallest absolute Gasteiger partial charge is 0.0548 e. The van der Waals surface area contributed by atoms with Gasteiger partial charge in [0, 0.05) is 6.20 Å². The number of hydrogen-bond donors (Lipinski definition) is 1. The lowest BCUT2D eigenvalue weighted by molar-refractivity contribution is 0.416. The zero-order valence-corrected chi connectivity index (χ0v) is 6.81. The topological polar surface area (TPSA) is 29.3 Å². The van der Waals surface area contributed by atoms with Crippen LogP contribution in [0.15, 0.2) is 22.9 Å². The molecule has 0 unspecified atom stereocenters. The molecule has 0 spiro atoms. The molecule has 1 aliphatic heterocycles.